The van der Waals surface area contributed by atoms with Crippen LogP contribution in [0.1, 0.15) is 50.5 Å². The van der Waals surface area contributed by atoms with Gasteiger partial charge in [-0.05, 0) is 50.1 Å². The van der Waals surface area contributed by atoms with Crippen LogP contribution in [0, 0.1) is 0 Å². The molecule has 26 heavy (non-hydrogen) atoms. The molecule has 1 aliphatic carbocycles. The second-order valence-electron chi connectivity index (χ2n) is 8.10. The predicted molar refractivity (Wildman–Crippen MR) is 109 cm³/mol. The summed E-state index contributed by atoms with van der Waals surface area (Å²) < 4.78 is 14.0. The van der Waals surface area contributed by atoms with Crippen molar-refractivity contribution >= 4 is 32.9 Å². The van der Waals surface area contributed by atoms with Gasteiger partial charge in [-0.15, -0.1) is 0 Å². The van der Waals surface area contributed by atoms with Crippen molar-refractivity contribution in [1.82, 2.24) is 4.90 Å². The van der Waals surface area contributed by atoms with Gasteiger partial charge in [-0.25, -0.2) is 4.99 Å². The van der Waals surface area contributed by atoms with Gasteiger partial charge in [-0.1, -0.05) is 40.5 Å². The SMILES string of the molecule is CSC1=NC2(CC3(CCCCCC3)Oc3ccc(Br)cc32)C2OC2N1C. The fourth-order valence-corrected chi connectivity index (χ4v) is 6.16. The van der Waals surface area contributed by atoms with Gasteiger partial charge in [0.25, 0.3) is 0 Å². The van der Waals surface area contributed by atoms with Gasteiger partial charge in [0.15, 0.2) is 11.4 Å². The lowest BCUT2D eigenvalue weighted by Gasteiger charge is -2.48. The lowest BCUT2D eigenvalue weighted by molar-refractivity contribution is -0.00739. The minimum absolute atomic E-state index is 0.100. The molecule has 2 spiro atoms. The molecule has 0 N–H and O–H groups in total. The summed E-state index contributed by atoms with van der Waals surface area (Å²) in [7, 11) is 2.09. The van der Waals surface area contributed by atoms with Crippen LogP contribution in [0.15, 0.2) is 27.7 Å². The van der Waals surface area contributed by atoms with Crippen molar-refractivity contribution in [1.29, 1.82) is 0 Å². The van der Waals surface area contributed by atoms with Crippen LogP contribution < -0.4 is 4.74 Å². The minimum Gasteiger partial charge on any atom is -0.487 e. The molecule has 1 aromatic carbocycles. The zero-order chi connectivity index (χ0) is 17.9. The lowest BCUT2D eigenvalue weighted by atomic mass is 9.71. The Hall–Kier alpha value is -0.720. The van der Waals surface area contributed by atoms with Crippen LogP contribution in [-0.4, -0.2) is 41.3 Å². The average Bonchev–Trinajstić information content (AvgIpc) is 3.45. The number of hydrogen-bond donors (Lipinski definition) is 0. The van der Waals surface area contributed by atoms with Crippen molar-refractivity contribution < 1.29 is 9.47 Å². The molecule has 140 valence electrons. The first-order chi connectivity index (χ1) is 12.6. The van der Waals surface area contributed by atoms with Gasteiger partial charge in [0.05, 0.1) is 0 Å². The summed E-state index contributed by atoms with van der Waals surface area (Å²) in [6.45, 7) is 0. The highest BCUT2D eigenvalue weighted by atomic mass is 79.9. The van der Waals surface area contributed by atoms with Gasteiger partial charge >= 0.3 is 0 Å². The number of thioether (sulfide) groups is 1. The van der Waals surface area contributed by atoms with E-state index in [1.165, 1.54) is 31.2 Å². The van der Waals surface area contributed by atoms with E-state index < -0.39 is 0 Å². The van der Waals surface area contributed by atoms with Gasteiger partial charge in [0.2, 0.25) is 0 Å². The number of fused-ring (bicyclic) bond motifs is 4. The fraction of sp³-hybridized carbons (Fsp3) is 0.650. The van der Waals surface area contributed by atoms with Gasteiger partial charge in [0.1, 0.15) is 23.0 Å². The molecule has 0 bridgehead atoms. The molecule has 1 saturated heterocycles. The Kier molecular flexibility index (Phi) is 4.11. The van der Waals surface area contributed by atoms with Crippen LogP contribution in [0.4, 0.5) is 0 Å². The first kappa shape index (κ1) is 17.4. The highest BCUT2D eigenvalue weighted by Crippen LogP contribution is 2.59. The van der Waals surface area contributed by atoms with Crippen molar-refractivity contribution in [3.63, 3.8) is 0 Å². The summed E-state index contributed by atoms with van der Waals surface area (Å²) in [5.41, 5.74) is 0.766. The Morgan fingerprint density at radius 1 is 1.23 bits per heavy atom. The van der Waals surface area contributed by atoms with Gasteiger partial charge in [-0.3, -0.25) is 0 Å². The molecule has 1 aromatic rings. The highest BCUT2D eigenvalue weighted by molar-refractivity contribution is 9.10. The van der Waals surface area contributed by atoms with E-state index in [-0.39, 0.29) is 23.5 Å². The van der Waals surface area contributed by atoms with Gasteiger partial charge in [-0.2, -0.15) is 0 Å². The molecular formula is C20H25BrN2O2S. The van der Waals surface area contributed by atoms with Crippen molar-refractivity contribution in [3.8, 4) is 5.75 Å². The van der Waals surface area contributed by atoms with E-state index in [1.54, 1.807) is 11.8 Å². The Morgan fingerprint density at radius 3 is 2.73 bits per heavy atom. The van der Waals surface area contributed by atoms with Crippen LogP contribution >= 0.6 is 27.7 Å². The molecule has 5 rings (SSSR count). The summed E-state index contributed by atoms with van der Waals surface area (Å²) in [6, 6.07) is 6.41. The zero-order valence-electron chi connectivity index (χ0n) is 15.3. The van der Waals surface area contributed by atoms with Gasteiger partial charge < -0.3 is 14.4 Å². The molecule has 0 radical (unpaired) electrons. The summed E-state index contributed by atoms with van der Waals surface area (Å²) in [5, 5.41) is 1.07. The number of benzene rings is 1. The van der Waals surface area contributed by atoms with Crippen LogP contribution in [0.2, 0.25) is 0 Å². The van der Waals surface area contributed by atoms with E-state index in [0.717, 1.165) is 34.7 Å². The van der Waals surface area contributed by atoms with Crippen LogP contribution in [-0.2, 0) is 10.3 Å². The number of halogens is 1. The van der Waals surface area contributed by atoms with Crippen LogP contribution in [0.3, 0.4) is 0 Å². The van der Waals surface area contributed by atoms with Crippen LogP contribution in [0.5, 0.6) is 5.75 Å². The third kappa shape index (κ3) is 2.55. The molecule has 0 aromatic heterocycles. The zero-order valence-corrected chi connectivity index (χ0v) is 17.7. The summed E-state index contributed by atoms with van der Waals surface area (Å²) >= 11 is 5.37. The molecule has 1 saturated carbocycles. The standard InChI is InChI=1S/C20H25BrN2O2S/c1-23-17-16(24-17)20(22-18(23)26-2)12-19(9-5-3-4-6-10-19)25-15-8-7-13(21)11-14(15)20/h7-8,11,16-17H,3-6,9-10,12H2,1-2H3. The number of amidine groups is 1. The van der Waals surface area contributed by atoms with Crippen molar-refractivity contribution in [2.45, 2.75) is 68.4 Å². The van der Waals surface area contributed by atoms with E-state index in [2.05, 4.69) is 52.3 Å². The van der Waals surface area contributed by atoms with E-state index in [9.17, 15) is 0 Å². The molecule has 6 heteroatoms. The maximum Gasteiger partial charge on any atom is 0.161 e. The number of hydrogen-bond acceptors (Lipinski definition) is 5. The molecule has 4 aliphatic rings. The quantitative estimate of drug-likeness (QED) is 0.541. The van der Waals surface area contributed by atoms with E-state index in [1.807, 2.05) is 0 Å². The largest absolute Gasteiger partial charge is 0.487 e. The van der Waals surface area contributed by atoms with E-state index >= 15 is 0 Å². The minimum atomic E-state index is -0.322. The number of likely N-dealkylation sites (N-methyl/N-ethyl adjacent to an activating group) is 1. The number of rotatable bonds is 0. The Balaban J connectivity index is 1.68. The van der Waals surface area contributed by atoms with Crippen molar-refractivity contribution in [2.75, 3.05) is 13.3 Å². The molecule has 3 unspecified atom stereocenters. The summed E-state index contributed by atoms with van der Waals surface area (Å²) in [5.74, 6) is 1.00. The molecule has 0 amide bonds. The van der Waals surface area contributed by atoms with E-state index in [4.69, 9.17) is 14.5 Å². The third-order valence-electron chi connectivity index (χ3n) is 6.44. The maximum absolute atomic E-state index is 6.72. The number of aliphatic imine (C=N–C) groups is 1. The highest BCUT2D eigenvalue weighted by Gasteiger charge is 2.66. The molecule has 4 nitrogen and oxygen atoms in total. The lowest BCUT2D eigenvalue weighted by Crippen LogP contribution is -2.53. The number of nitrogens with zero attached hydrogens (tertiary/aromatic N) is 2. The first-order valence-electron chi connectivity index (χ1n) is 9.58. The number of ether oxygens (including phenoxy) is 2. The monoisotopic (exact) mass is 436 g/mol. The van der Waals surface area contributed by atoms with Gasteiger partial charge in [0, 0.05) is 23.5 Å². The molecule has 2 fully saturated rings. The van der Waals surface area contributed by atoms with E-state index in [0.29, 0.717) is 0 Å². The second kappa shape index (κ2) is 6.14. The van der Waals surface area contributed by atoms with Crippen LogP contribution in [0.25, 0.3) is 0 Å². The van der Waals surface area contributed by atoms with Crippen molar-refractivity contribution in [3.05, 3.63) is 28.2 Å². The fourth-order valence-electron chi connectivity index (χ4n) is 5.15. The average molecular weight is 437 g/mol. The Bertz CT molecular complexity index is 762. The Labute approximate surface area is 167 Å². The topological polar surface area (TPSA) is 37.4 Å². The molecular weight excluding hydrogens is 412 g/mol. The molecule has 3 aliphatic heterocycles. The maximum atomic E-state index is 6.72. The Morgan fingerprint density at radius 2 is 2.00 bits per heavy atom. The first-order valence-corrected chi connectivity index (χ1v) is 11.6. The predicted octanol–water partition coefficient (Wildman–Crippen LogP) is 4.91. The molecule has 3 atom stereocenters. The number of epoxide rings is 1. The third-order valence-corrected chi connectivity index (χ3v) is 7.68. The second-order valence-corrected chi connectivity index (χ2v) is 9.79. The van der Waals surface area contributed by atoms with Crippen molar-refractivity contribution in [2.24, 2.45) is 4.99 Å². The smallest absolute Gasteiger partial charge is 0.161 e. The summed E-state index contributed by atoms with van der Waals surface area (Å²) in [6.07, 6.45) is 10.7. The summed E-state index contributed by atoms with van der Waals surface area (Å²) in [4.78, 5) is 7.53. The normalized spacial score (nSPS) is 34.6. The molecule has 3 heterocycles.